The van der Waals surface area contributed by atoms with E-state index in [2.05, 4.69) is 12.2 Å². The summed E-state index contributed by atoms with van der Waals surface area (Å²) in [5.41, 5.74) is 0.873. The zero-order chi connectivity index (χ0) is 12.5. The summed E-state index contributed by atoms with van der Waals surface area (Å²) in [5.74, 6) is 2.35. The molecule has 4 heteroatoms. The molecule has 1 aromatic carbocycles. The average molecular weight is 249 g/mol. The predicted molar refractivity (Wildman–Crippen MR) is 67.9 cm³/mol. The Labute approximate surface area is 107 Å². The van der Waals surface area contributed by atoms with Crippen molar-refractivity contribution in [3.63, 3.8) is 0 Å². The first-order valence-electron chi connectivity index (χ1n) is 6.59. The van der Waals surface area contributed by atoms with Crippen molar-refractivity contribution in [1.29, 1.82) is 0 Å². The summed E-state index contributed by atoms with van der Waals surface area (Å²) in [4.78, 5) is 0. The van der Waals surface area contributed by atoms with Gasteiger partial charge in [-0.05, 0) is 24.8 Å². The molecule has 0 aromatic heterocycles. The number of hydrogen-bond acceptors (Lipinski definition) is 4. The van der Waals surface area contributed by atoms with Crippen molar-refractivity contribution in [3.05, 3.63) is 17.7 Å². The number of phenolic OH excluding ortho intramolecular Hbond substituents is 1. The summed E-state index contributed by atoms with van der Waals surface area (Å²) in [7, 11) is 0. The van der Waals surface area contributed by atoms with E-state index >= 15 is 0 Å². The van der Waals surface area contributed by atoms with Crippen molar-refractivity contribution in [2.45, 2.75) is 38.8 Å². The number of phenols is 1. The fourth-order valence-corrected chi connectivity index (χ4v) is 2.80. The van der Waals surface area contributed by atoms with Gasteiger partial charge >= 0.3 is 0 Å². The van der Waals surface area contributed by atoms with E-state index in [1.54, 1.807) is 6.07 Å². The van der Waals surface area contributed by atoms with Crippen LogP contribution in [0.2, 0.25) is 0 Å². The lowest BCUT2D eigenvalue weighted by atomic mass is 10.1. The first kappa shape index (κ1) is 11.7. The monoisotopic (exact) mass is 249 g/mol. The fraction of sp³-hybridized carbons (Fsp3) is 0.571. The molecule has 2 N–H and O–H groups in total. The van der Waals surface area contributed by atoms with E-state index in [-0.39, 0.29) is 12.5 Å². The Morgan fingerprint density at radius 1 is 1.28 bits per heavy atom. The Hall–Kier alpha value is -1.42. The number of hydrogen-bond donors (Lipinski definition) is 2. The molecule has 1 aliphatic heterocycles. The van der Waals surface area contributed by atoms with Crippen molar-refractivity contribution < 1.29 is 14.6 Å². The predicted octanol–water partition coefficient (Wildman–Crippen LogP) is 2.40. The molecule has 18 heavy (non-hydrogen) atoms. The van der Waals surface area contributed by atoms with Gasteiger partial charge in [0.05, 0.1) is 0 Å². The maximum absolute atomic E-state index is 9.94. The van der Waals surface area contributed by atoms with Crippen molar-refractivity contribution in [1.82, 2.24) is 5.32 Å². The van der Waals surface area contributed by atoms with Gasteiger partial charge in [0, 0.05) is 24.2 Å². The third-order valence-corrected chi connectivity index (χ3v) is 3.99. The minimum absolute atomic E-state index is 0.241. The number of fused-ring (bicyclic) bond motifs is 1. The lowest BCUT2D eigenvalue weighted by Gasteiger charge is -2.17. The van der Waals surface area contributed by atoms with Crippen LogP contribution in [0.5, 0.6) is 17.2 Å². The Bertz CT molecular complexity index is 447. The Morgan fingerprint density at radius 2 is 2.06 bits per heavy atom. The number of nitrogens with one attached hydrogen (secondary N) is 1. The van der Waals surface area contributed by atoms with E-state index in [0.717, 1.165) is 17.2 Å². The van der Waals surface area contributed by atoms with Gasteiger partial charge in [0.25, 0.3) is 0 Å². The van der Waals surface area contributed by atoms with Crippen LogP contribution in [-0.4, -0.2) is 17.9 Å². The third-order valence-electron chi connectivity index (χ3n) is 3.99. The molecule has 0 radical (unpaired) electrons. The Kier molecular flexibility index (Phi) is 3.04. The maximum Gasteiger partial charge on any atom is 0.231 e. The molecule has 1 aromatic rings. The molecule has 1 fully saturated rings. The van der Waals surface area contributed by atoms with E-state index in [0.29, 0.717) is 18.3 Å². The van der Waals surface area contributed by atoms with Crippen LogP contribution in [-0.2, 0) is 6.54 Å². The average Bonchev–Trinajstić information content (AvgIpc) is 2.95. The third kappa shape index (κ3) is 2.12. The molecule has 98 valence electrons. The highest BCUT2D eigenvalue weighted by Crippen LogP contribution is 2.37. The van der Waals surface area contributed by atoms with E-state index in [9.17, 15) is 5.11 Å². The smallest absolute Gasteiger partial charge is 0.231 e. The number of rotatable bonds is 3. The molecule has 4 nitrogen and oxygen atoms in total. The van der Waals surface area contributed by atoms with Crippen molar-refractivity contribution >= 4 is 0 Å². The first-order chi connectivity index (χ1) is 8.74. The summed E-state index contributed by atoms with van der Waals surface area (Å²) in [6.07, 6.45) is 3.82. The molecule has 1 heterocycles. The molecule has 1 saturated carbocycles. The quantitative estimate of drug-likeness (QED) is 0.863. The summed E-state index contributed by atoms with van der Waals surface area (Å²) < 4.78 is 10.6. The zero-order valence-corrected chi connectivity index (χ0v) is 10.6. The number of aromatic hydroxyl groups is 1. The highest BCUT2D eigenvalue weighted by Gasteiger charge is 2.23. The van der Waals surface area contributed by atoms with Crippen LogP contribution in [0.25, 0.3) is 0 Å². The van der Waals surface area contributed by atoms with Crippen LogP contribution < -0.4 is 14.8 Å². The van der Waals surface area contributed by atoms with E-state index in [1.807, 2.05) is 6.07 Å². The lowest BCUT2D eigenvalue weighted by molar-refractivity contribution is 0.174. The van der Waals surface area contributed by atoms with Crippen LogP contribution in [0.15, 0.2) is 12.1 Å². The van der Waals surface area contributed by atoms with Gasteiger partial charge in [-0.25, -0.2) is 0 Å². The van der Waals surface area contributed by atoms with E-state index < -0.39 is 0 Å². The molecule has 1 aliphatic carbocycles. The van der Waals surface area contributed by atoms with Gasteiger partial charge in [0.2, 0.25) is 6.79 Å². The topological polar surface area (TPSA) is 50.7 Å². The summed E-state index contributed by atoms with van der Waals surface area (Å²) in [6.45, 7) is 3.20. The van der Waals surface area contributed by atoms with Gasteiger partial charge < -0.3 is 19.9 Å². The molecule has 0 saturated heterocycles. The van der Waals surface area contributed by atoms with Gasteiger partial charge in [-0.15, -0.1) is 0 Å². The van der Waals surface area contributed by atoms with Gasteiger partial charge in [-0.2, -0.15) is 0 Å². The molecular weight excluding hydrogens is 230 g/mol. The van der Waals surface area contributed by atoms with Crippen LogP contribution in [0.4, 0.5) is 0 Å². The van der Waals surface area contributed by atoms with Gasteiger partial charge in [0.15, 0.2) is 11.5 Å². The van der Waals surface area contributed by atoms with Crippen molar-refractivity contribution in [3.8, 4) is 17.2 Å². The summed E-state index contributed by atoms with van der Waals surface area (Å²) in [6, 6.07) is 4.07. The summed E-state index contributed by atoms with van der Waals surface area (Å²) in [5, 5.41) is 13.5. The number of benzene rings is 1. The van der Waals surface area contributed by atoms with Crippen LogP contribution in [0.3, 0.4) is 0 Å². The molecule has 0 spiro atoms. The Balaban J connectivity index is 1.69. The molecule has 2 aliphatic rings. The highest BCUT2D eigenvalue weighted by molar-refractivity contribution is 5.51. The molecule has 2 atom stereocenters. The van der Waals surface area contributed by atoms with E-state index in [4.69, 9.17) is 9.47 Å². The van der Waals surface area contributed by atoms with Gasteiger partial charge in [-0.1, -0.05) is 13.3 Å². The normalized spacial score (nSPS) is 25.6. The second-order valence-electron chi connectivity index (χ2n) is 5.23. The first-order valence-corrected chi connectivity index (χ1v) is 6.59. The second-order valence-corrected chi connectivity index (χ2v) is 5.23. The zero-order valence-electron chi connectivity index (χ0n) is 10.6. The molecule has 0 amide bonds. The minimum Gasteiger partial charge on any atom is -0.507 e. The van der Waals surface area contributed by atoms with Gasteiger partial charge in [0.1, 0.15) is 5.75 Å². The standard InChI is InChI=1S/C14H19NO3/c1-9-3-2-4-11(9)15-7-10-5-13-14(6-12(10)16)18-8-17-13/h5-6,9,11,15-16H,2-4,7-8H2,1H3. The van der Waals surface area contributed by atoms with Crippen molar-refractivity contribution in [2.75, 3.05) is 6.79 Å². The molecule has 3 rings (SSSR count). The summed E-state index contributed by atoms with van der Waals surface area (Å²) >= 11 is 0. The largest absolute Gasteiger partial charge is 0.507 e. The van der Waals surface area contributed by atoms with Crippen molar-refractivity contribution in [2.24, 2.45) is 5.92 Å². The number of ether oxygens (including phenoxy) is 2. The second kappa shape index (κ2) is 4.69. The Morgan fingerprint density at radius 3 is 2.78 bits per heavy atom. The van der Waals surface area contributed by atoms with Crippen LogP contribution >= 0.6 is 0 Å². The SMILES string of the molecule is CC1CCCC1NCc1cc2c(cc1O)OCO2. The molecule has 2 unspecified atom stereocenters. The molecular formula is C14H19NO3. The van der Waals surface area contributed by atoms with Gasteiger partial charge in [-0.3, -0.25) is 0 Å². The highest BCUT2D eigenvalue weighted by atomic mass is 16.7. The fourth-order valence-electron chi connectivity index (χ4n) is 2.80. The van der Waals surface area contributed by atoms with E-state index in [1.165, 1.54) is 19.3 Å². The molecule has 0 bridgehead atoms. The minimum atomic E-state index is 0.241. The van der Waals surface area contributed by atoms with Crippen LogP contribution in [0, 0.1) is 5.92 Å². The lowest BCUT2D eigenvalue weighted by Crippen LogP contribution is -2.30. The maximum atomic E-state index is 9.94. The van der Waals surface area contributed by atoms with Crippen LogP contribution in [0.1, 0.15) is 31.7 Å².